The molecule has 1 aromatic rings. The molecule has 2 heterocycles. The van der Waals surface area contributed by atoms with Crippen molar-refractivity contribution in [2.45, 2.75) is 46.2 Å². The minimum Gasteiger partial charge on any atom is -0.351 e. The summed E-state index contributed by atoms with van der Waals surface area (Å²) >= 11 is 0. The smallest absolute Gasteiger partial charge is 0.237 e. The fourth-order valence-electron chi connectivity index (χ4n) is 2.76. The van der Waals surface area contributed by atoms with Crippen LogP contribution >= 0.6 is 0 Å². The maximum atomic E-state index is 12.2. The van der Waals surface area contributed by atoms with Crippen molar-refractivity contribution in [3.05, 3.63) is 17.0 Å². The van der Waals surface area contributed by atoms with Gasteiger partial charge >= 0.3 is 0 Å². The maximum absolute atomic E-state index is 12.2. The van der Waals surface area contributed by atoms with Gasteiger partial charge in [0.2, 0.25) is 5.91 Å². The highest BCUT2D eigenvalue weighted by molar-refractivity contribution is 5.82. The fourth-order valence-corrected chi connectivity index (χ4v) is 2.76. The Morgan fingerprint density at radius 3 is 2.84 bits per heavy atom. The Labute approximate surface area is 114 Å². The first-order valence-corrected chi connectivity index (χ1v) is 7.01. The third kappa shape index (κ3) is 2.97. The molecule has 1 saturated heterocycles. The molecule has 0 aliphatic carbocycles. The van der Waals surface area contributed by atoms with E-state index in [0.717, 1.165) is 36.3 Å². The summed E-state index contributed by atoms with van der Waals surface area (Å²) in [4.78, 5) is 12.2. The number of nitrogens with one attached hydrogen (secondary N) is 2. The van der Waals surface area contributed by atoms with Crippen LogP contribution in [0.4, 0.5) is 0 Å². The molecule has 0 bridgehead atoms. The molecule has 106 valence electrons. The molecule has 1 aliphatic rings. The van der Waals surface area contributed by atoms with E-state index in [1.54, 1.807) is 0 Å². The lowest BCUT2D eigenvalue weighted by atomic mass is 9.92. The predicted octanol–water partition coefficient (Wildman–Crippen LogP) is 1.04. The second kappa shape index (κ2) is 5.74. The van der Waals surface area contributed by atoms with Gasteiger partial charge in [-0.15, -0.1) is 0 Å². The molecule has 0 radical (unpaired) electrons. The normalized spacial score (nSPS) is 23.4. The van der Waals surface area contributed by atoms with E-state index in [4.69, 9.17) is 0 Å². The van der Waals surface area contributed by atoms with Crippen LogP contribution in [0.5, 0.6) is 0 Å². The van der Waals surface area contributed by atoms with E-state index < -0.39 is 0 Å². The second-order valence-corrected chi connectivity index (χ2v) is 5.54. The number of aromatic nitrogens is 2. The third-order valence-electron chi connectivity index (χ3n) is 4.15. The molecule has 0 saturated carbocycles. The molecule has 0 aromatic carbocycles. The topological polar surface area (TPSA) is 59.0 Å². The van der Waals surface area contributed by atoms with Crippen molar-refractivity contribution in [3.63, 3.8) is 0 Å². The first kappa shape index (κ1) is 14.1. The minimum atomic E-state index is -0.0500. The van der Waals surface area contributed by atoms with Crippen LogP contribution < -0.4 is 10.6 Å². The molecule has 2 rings (SSSR count). The van der Waals surface area contributed by atoms with Crippen molar-refractivity contribution in [2.75, 3.05) is 6.54 Å². The number of rotatable bonds is 3. The van der Waals surface area contributed by atoms with Gasteiger partial charge in [-0.1, -0.05) is 6.92 Å². The van der Waals surface area contributed by atoms with Gasteiger partial charge in [0.25, 0.3) is 0 Å². The molecule has 19 heavy (non-hydrogen) atoms. The number of amides is 1. The molecule has 1 aromatic heterocycles. The van der Waals surface area contributed by atoms with Crippen molar-refractivity contribution in [1.82, 2.24) is 20.4 Å². The average Bonchev–Trinajstić information content (AvgIpc) is 2.61. The van der Waals surface area contributed by atoms with Gasteiger partial charge in [0, 0.05) is 24.8 Å². The standard InChI is InChI=1S/C14H24N4O/c1-9-6-5-7-15-13(9)14(19)16-8-12-10(2)17-18(4)11(12)3/h9,13,15H,5-8H2,1-4H3,(H,16,19). The second-order valence-electron chi connectivity index (χ2n) is 5.54. The predicted molar refractivity (Wildman–Crippen MR) is 74.7 cm³/mol. The van der Waals surface area contributed by atoms with Crippen LogP contribution in [0.2, 0.25) is 0 Å². The van der Waals surface area contributed by atoms with Gasteiger partial charge in [-0.2, -0.15) is 5.10 Å². The molecular weight excluding hydrogens is 240 g/mol. The van der Waals surface area contributed by atoms with Gasteiger partial charge in [0.05, 0.1) is 11.7 Å². The Bertz CT molecular complexity index is 466. The monoisotopic (exact) mass is 264 g/mol. The molecule has 5 heteroatoms. The molecule has 2 unspecified atom stereocenters. The van der Waals surface area contributed by atoms with Crippen molar-refractivity contribution in [1.29, 1.82) is 0 Å². The first-order chi connectivity index (χ1) is 9.00. The van der Waals surface area contributed by atoms with Gasteiger partial charge in [-0.25, -0.2) is 0 Å². The number of aryl methyl sites for hydroxylation is 2. The van der Waals surface area contributed by atoms with Crippen LogP contribution in [0.3, 0.4) is 0 Å². The van der Waals surface area contributed by atoms with E-state index in [2.05, 4.69) is 22.7 Å². The fraction of sp³-hybridized carbons (Fsp3) is 0.714. The molecule has 1 fully saturated rings. The van der Waals surface area contributed by atoms with Gasteiger partial charge in [0.15, 0.2) is 0 Å². The van der Waals surface area contributed by atoms with E-state index in [9.17, 15) is 4.79 Å². The summed E-state index contributed by atoms with van der Waals surface area (Å²) in [5.41, 5.74) is 3.23. The van der Waals surface area contributed by atoms with Gasteiger partial charge in [-0.3, -0.25) is 9.48 Å². The highest BCUT2D eigenvalue weighted by Crippen LogP contribution is 2.16. The number of piperidine rings is 1. The number of carbonyl (C=O) groups is 1. The summed E-state index contributed by atoms with van der Waals surface area (Å²) in [7, 11) is 1.93. The summed E-state index contributed by atoms with van der Waals surface area (Å²) in [6, 6.07) is -0.0500. The Balaban J connectivity index is 1.96. The van der Waals surface area contributed by atoms with E-state index in [1.165, 1.54) is 0 Å². The maximum Gasteiger partial charge on any atom is 0.237 e. The van der Waals surface area contributed by atoms with Gasteiger partial charge in [0.1, 0.15) is 0 Å². The van der Waals surface area contributed by atoms with Crippen LogP contribution in [-0.4, -0.2) is 28.3 Å². The van der Waals surface area contributed by atoms with Crippen LogP contribution in [0.15, 0.2) is 0 Å². The summed E-state index contributed by atoms with van der Waals surface area (Å²) in [5, 5.41) is 10.7. The Kier molecular flexibility index (Phi) is 4.24. The summed E-state index contributed by atoms with van der Waals surface area (Å²) < 4.78 is 1.86. The Morgan fingerprint density at radius 1 is 1.53 bits per heavy atom. The van der Waals surface area contributed by atoms with E-state index in [1.807, 2.05) is 25.6 Å². The molecule has 0 spiro atoms. The van der Waals surface area contributed by atoms with Crippen LogP contribution in [-0.2, 0) is 18.4 Å². The van der Waals surface area contributed by atoms with Crippen molar-refractivity contribution in [2.24, 2.45) is 13.0 Å². The molecule has 2 N–H and O–H groups in total. The van der Waals surface area contributed by atoms with Crippen molar-refractivity contribution < 1.29 is 4.79 Å². The SMILES string of the molecule is Cc1nn(C)c(C)c1CNC(=O)C1NCCCC1C. The zero-order valence-corrected chi connectivity index (χ0v) is 12.3. The molecule has 1 amide bonds. The van der Waals surface area contributed by atoms with Crippen LogP contribution in [0.1, 0.15) is 36.7 Å². The van der Waals surface area contributed by atoms with Crippen LogP contribution in [0.25, 0.3) is 0 Å². The Hall–Kier alpha value is -1.36. The number of hydrogen-bond donors (Lipinski definition) is 2. The quantitative estimate of drug-likeness (QED) is 0.857. The third-order valence-corrected chi connectivity index (χ3v) is 4.15. The summed E-state index contributed by atoms with van der Waals surface area (Å²) in [6.45, 7) is 7.65. The largest absolute Gasteiger partial charge is 0.351 e. The minimum absolute atomic E-state index is 0.0500. The molecular formula is C14H24N4O. The summed E-state index contributed by atoms with van der Waals surface area (Å²) in [5.74, 6) is 0.514. The first-order valence-electron chi connectivity index (χ1n) is 7.01. The van der Waals surface area contributed by atoms with Crippen molar-refractivity contribution in [3.8, 4) is 0 Å². The summed E-state index contributed by atoms with van der Waals surface area (Å²) in [6.07, 6.45) is 2.28. The number of hydrogen-bond acceptors (Lipinski definition) is 3. The Morgan fingerprint density at radius 2 is 2.26 bits per heavy atom. The van der Waals surface area contributed by atoms with E-state index >= 15 is 0 Å². The highest BCUT2D eigenvalue weighted by Gasteiger charge is 2.27. The number of carbonyl (C=O) groups excluding carboxylic acids is 1. The van der Waals surface area contributed by atoms with Crippen molar-refractivity contribution >= 4 is 5.91 Å². The zero-order valence-electron chi connectivity index (χ0n) is 12.3. The molecule has 5 nitrogen and oxygen atoms in total. The number of nitrogens with zero attached hydrogens (tertiary/aromatic N) is 2. The molecule has 1 aliphatic heterocycles. The average molecular weight is 264 g/mol. The lowest BCUT2D eigenvalue weighted by molar-refractivity contribution is -0.125. The lowest BCUT2D eigenvalue weighted by Gasteiger charge is -2.28. The van der Waals surface area contributed by atoms with E-state index in [0.29, 0.717) is 12.5 Å². The van der Waals surface area contributed by atoms with Gasteiger partial charge in [-0.05, 0) is 39.2 Å². The highest BCUT2D eigenvalue weighted by atomic mass is 16.2. The molecule has 2 atom stereocenters. The lowest BCUT2D eigenvalue weighted by Crippen LogP contribution is -2.50. The van der Waals surface area contributed by atoms with Crippen LogP contribution in [0, 0.1) is 19.8 Å². The van der Waals surface area contributed by atoms with Gasteiger partial charge < -0.3 is 10.6 Å². The zero-order chi connectivity index (χ0) is 14.0. The van der Waals surface area contributed by atoms with E-state index in [-0.39, 0.29) is 11.9 Å².